The van der Waals surface area contributed by atoms with Crippen molar-refractivity contribution in [3.8, 4) is 0 Å². The Bertz CT molecular complexity index is 598. The number of nitrogens with one attached hydrogen (secondary N) is 1. The van der Waals surface area contributed by atoms with E-state index in [1.54, 1.807) is 0 Å². The number of rotatable bonds is 2. The van der Waals surface area contributed by atoms with Crippen molar-refractivity contribution in [1.29, 1.82) is 0 Å². The lowest BCUT2D eigenvalue weighted by molar-refractivity contribution is -0.0238. The lowest BCUT2D eigenvalue weighted by Crippen LogP contribution is -2.33. The molecule has 0 bridgehead atoms. The summed E-state index contributed by atoms with van der Waals surface area (Å²) in [7, 11) is 0. The maximum absolute atomic E-state index is 11.2. The van der Waals surface area contributed by atoms with Gasteiger partial charge in [-0.05, 0) is 68.1 Å². The number of aromatic amines is 1. The molecule has 2 aliphatic rings. The van der Waals surface area contributed by atoms with Gasteiger partial charge in [-0.2, -0.15) is 0 Å². The summed E-state index contributed by atoms with van der Waals surface area (Å²) in [5.41, 5.74) is 1.67. The van der Waals surface area contributed by atoms with Crippen LogP contribution in [0.4, 0.5) is 0 Å². The number of fused-ring (bicyclic) bond motifs is 1. The lowest BCUT2D eigenvalue weighted by atomic mass is 9.72. The minimum Gasteiger partial charge on any atom is -0.385 e. The maximum atomic E-state index is 11.2. The molecular weight excluding hydrogens is 234 g/mol. The Kier molecular flexibility index (Phi) is 2.49. The van der Waals surface area contributed by atoms with Gasteiger partial charge in [0.1, 0.15) is 0 Å². The van der Waals surface area contributed by atoms with E-state index in [2.05, 4.69) is 29.2 Å². The van der Waals surface area contributed by atoms with Crippen molar-refractivity contribution in [3.05, 3.63) is 36.0 Å². The standard InChI is InChI=1S/C17H21NO/c19-17(9-2-3-13(11-17)12-6-7-12)15-4-1-5-16-14(15)8-10-18-16/h1,4-5,8,10,12-13,18-19H,2-3,6-7,9,11H2. The fourth-order valence-electron chi connectivity index (χ4n) is 4.00. The summed E-state index contributed by atoms with van der Waals surface area (Å²) in [5.74, 6) is 1.64. The van der Waals surface area contributed by atoms with Crippen molar-refractivity contribution in [1.82, 2.24) is 4.98 Å². The smallest absolute Gasteiger partial charge is 0.0905 e. The summed E-state index contributed by atoms with van der Waals surface area (Å²) < 4.78 is 0. The van der Waals surface area contributed by atoms with E-state index in [4.69, 9.17) is 0 Å². The number of H-pyrrole nitrogens is 1. The first-order chi connectivity index (χ1) is 9.26. The molecule has 2 atom stereocenters. The van der Waals surface area contributed by atoms with E-state index in [0.717, 1.165) is 35.8 Å². The van der Waals surface area contributed by atoms with Gasteiger partial charge in [-0.25, -0.2) is 0 Å². The Morgan fingerprint density at radius 1 is 1.11 bits per heavy atom. The normalized spacial score (nSPS) is 31.7. The molecule has 100 valence electrons. The fourth-order valence-corrected chi connectivity index (χ4v) is 4.00. The molecule has 19 heavy (non-hydrogen) atoms. The third-order valence-corrected chi connectivity index (χ3v) is 5.15. The highest BCUT2D eigenvalue weighted by molar-refractivity contribution is 5.83. The van der Waals surface area contributed by atoms with Crippen molar-refractivity contribution in [2.24, 2.45) is 11.8 Å². The molecule has 1 aromatic carbocycles. The van der Waals surface area contributed by atoms with E-state index < -0.39 is 5.60 Å². The molecule has 0 amide bonds. The van der Waals surface area contributed by atoms with E-state index >= 15 is 0 Å². The molecule has 2 saturated carbocycles. The number of aromatic nitrogens is 1. The molecule has 0 radical (unpaired) electrons. The van der Waals surface area contributed by atoms with Gasteiger partial charge in [-0.1, -0.05) is 12.1 Å². The molecule has 2 aromatic rings. The summed E-state index contributed by atoms with van der Waals surface area (Å²) in [5, 5.41) is 12.4. The van der Waals surface area contributed by atoms with Gasteiger partial charge in [0.15, 0.2) is 0 Å². The van der Waals surface area contributed by atoms with Gasteiger partial charge in [0, 0.05) is 17.1 Å². The third kappa shape index (κ3) is 1.90. The van der Waals surface area contributed by atoms with Gasteiger partial charge in [0.05, 0.1) is 5.60 Å². The van der Waals surface area contributed by atoms with E-state index in [9.17, 15) is 5.11 Å². The van der Waals surface area contributed by atoms with E-state index in [0.29, 0.717) is 0 Å². The molecular formula is C17H21NO. The van der Waals surface area contributed by atoms with Crippen LogP contribution >= 0.6 is 0 Å². The van der Waals surface area contributed by atoms with Gasteiger partial charge in [-0.15, -0.1) is 0 Å². The molecule has 2 nitrogen and oxygen atoms in total. The van der Waals surface area contributed by atoms with E-state index in [1.807, 2.05) is 6.20 Å². The van der Waals surface area contributed by atoms with Crippen molar-refractivity contribution in [2.45, 2.75) is 44.1 Å². The summed E-state index contributed by atoms with van der Waals surface area (Å²) in [6, 6.07) is 8.37. The Hall–Kier alpha value is -1.28. The fraction of sp³-hybridized carbons (Fsp3) is 0.529. The van der Waals surface area contributed by atoms with E-state index in [-0.39, 0.29) is 0 Å². The first-order valence-electron chi connectivity index (χ1n) is 7.55. The summed E-state index contributed by atoms with van der Waals surface area (Å²) in [6.45, 7) is 0. The van der Waals surface area contributed by atoms with Crippen LogP contribution in [0.25, 0.3) is 10.9 Å². The highest BCUT2D eigenvalue weighted by Crippen LogP contribution is 2.50. The average Bonchev–Trinajstić information content (AvgIpc) is 3.16. The van der Waals surface area contributed by atoms with E-state index in [1.165, 1.54) is 31.1 Å². The quantitative estimate of drug-likeness (QED) is 0.837. The highest BCUT2D eigenvalue weighted by Gasteiger charge is 2.42. The second kappa shape index (κ2) is 4.11. The van der Waals surface area contributed by atoms with Crippen molar-refractivity contribution >= 4 is 10.9 Å². The Labute approximate surface area is 113 Å². The second-order valence-corrected chi connectivity index (χ2v) is 6.47. The van der Waals surface area contributed by atoms with Gasteiger partial charge >= 0.3 is 0 Å². The SMILES string of the molecule is OC1(c2cccc3[nH]ccc23)CCCC(C2CC2)C1. The number of aliphatic hydroxyl groups is 1. The Morgan fingerprint density at radius 2 is 2.00 bits per heavy atom. The zero-order valence-corrected chi connectivity index (χ0v) is 11.2. The molecule has 2 heteroatoms. The van der Waals surface area contributed by atoms with Crippen LogP contribution in [0.1, 0.15) is 44.1 Å². The highest BCUT2D eigenvalue weighted by atomic mass is 16.3. The maximum Gasteiger partial charge on any atom is 0.0905 e. The lowest BCUT2D eigenvalue weighted by Gasteiger charge is -2.38. The van der Waals surface area contributed by atoms with Gasteiger partial charge < -0.3 is 10.1 Å². The molecule has 1 aromatic heterocycles. The monoisotopic (exact) mass is 255 g/mol. The number of benzene rings is 1. The van der Waals surface area contributed by atoms with Crippen LogP contribution in [0, 0.1) is 11.8 Å². The molecule has 4 rings (SSSR count). The molecule has 2 fully saturated rings. The minimum absolute atomic E-state index is 0.604. The van der Waals surface area contributed by atoms with Gasteiger partial charge in [0.25, 0.3) is 0 Å². The topological polar surface area (TPSA) is 36.0 Å². The molecule has 2 aliphatic carbocycles. The van der Waals surface area contributed by atoms with Crippen LogP contribution in [0.2, 0.25) is 0 Å². The number of hydrogen-bond donors (Lipinski definition) is 2. The largest absolute Gasteiger partial charge is 0.385 e. The summed E-state index contributed by atoms with van der Waals surface area (Å²) >= 11 is 0. The minimum atomic E-state index is -0.604. The molecule has 1 heterocycles. The van der Waals surface area contributed by atoms with Crippen molar-refractivity contribution in [3.63, 3.8) is 0 Å². The Morgan fingerprint density at radius 3 is 2.84 bits per heavy atom. The van der Waals surface area contributed by atoms with Crippen LogP contribution in [-0.2, 0) is 5.60 Å². The zero-order chi connectivity index (χ0) is 12.9. The summed E-state index contributed by atoms with van der Waals surface area (Å²) in [6.07, 6.45) is 9.10. The summed E-state index contributed by atoms with van der Waals surface area (Å²) in [4.78, 5) is 3.25. The molecule has 2 unspecified atom stereocenters. The number of hydrogen-bond acceptors (Lipinski definition) is 1. The average molecular weight is 255 g/mol. The van der Waals surface area contributed by atoms with Crippen LogP contribution in [0.3, 0.4) is 0 Å². The molecule has 0 saturated heterocycles. The molecule has 0 spiro atoms. The van der Waals surface area contributed by atoms with Crippen LogP contribution in [0.5, 0.6) is 0 Å². The van der Waals surface area contributed by atoms with Gasteiger partial charge in [0.2, 0.25) is 0 Å². The predicted molar refractivity (Wildman–Crippen MR) is 76.9 cm³/mol. The molecule has 2 N–H and O–H groups in total. The van der Waals surface area contributed by atoms with Crippen LogP contribution < -0.4 is 0 Å². The third-order valence-electron chi connectivity index (χ3n) is 5.15. The first-order valence-corrected chi connectivity index (χ1v) is 7.55. The molecule has 0 aliphatic heterocycles. The van der Waals surface area contributed by atoms with Crippen molar-refractivity contribution < 1.29 is 5.11 Å². The van der Waals surface area contributed by atoms with Gasteiger partial charge in [-0.3, -0.25) is 0 Å². The second-order valence-electron chi connectivity index (χ2n) is 6.47. The van der Waals surface area contributed by atoms with Crippen molar-refractivity contribution in [2.75, 3.05) is 0 Å². The Balaban J connectivity index is 1.74. The predicted octanol–water partition coefficient (Wildman–Crippen LogP) is 3.96. The van der Waals surface area contributed by atoms with Crippen LogP contribution in [0.15, 0.2) is 30.5 Å². The zero-order valence-electron chi connectivity index (χ0n) is 11.2. The first kappa shape index (κ1) is 11.5. The van der Waals surface area contributed by atoms with Crippen LogP contribution in [-0.4, -0.2) is 10.1 Å².